The van der Waals surface area contributed by atoms with Gasteiger partial charge in [0.2, 0.25) is 6.41 Å². The second-order valence-electron chi connectivity index (χ2n) is 10.2. The van der Waals surface area contributed by atoms with Gasteiger partial charge < -0.3 is 19.9 Å². The van der Waals surface area contributed by atoms with Gasteiger partial charge in [0.1, 0.15) is 5.65 Å². The van der Waals surface area contributed by atoms with E-state index in [1.807, 2.05) is 32.9 Å². The lowest BCUT2D eigenvalue weighted by Crippen LogP contribution is -2.32. The summed E-state index contributed by atoms with van der Waals surface area (Å²) in [6.07, 6.45) is 2.38. The number of ether oxygens (including phenoxy) is 1. The number of amides is 2. The van der Waals surface area contributed by atoms with Crippen molar-refractivity contribution in [2.75, 3.05) is 25.5 Å². The lowest BCUT2D eigenvalue weighted by atomic mass is 9.93. The summed E-state index contributed by atoms with van der Waals surface area (Å²) < 4.78 is 6.69. The molecule has 4 aromatic rings. The van der Waals surface area contributed by atoms with E-state index in [4.69, 9.17) is 21.4 Å². The Bertz CT molecular complexity index is 1500. The van der Waals surface area contributed by atoms with E-state index < -0.39 is 0 Å². The van der Waals surface area contributed by atoms with E-state index in [2.05, 4.69) is 10.3 Å². The molecule has 3 heterocycles. The molecule has 0 spiro atoms. The van der Waals surface area contributed by atoms with Crippen LogP contribution in [0.25, 0.3) is 16.6 Å². The highest BCUT2D eigenvalue weighted by molar-refractivity contribution is 6.30. The Morgan fingerprint density at radius 3 is 2.42 bits per heavy atom. The first-order chi connectivity index (χ1) is 18.1. The monoisotopic (exact) mass is 537 g/mol. The zero-order chi connectivity index (χ0) is 27.4. The van der Waals surface area contributed by atoms with Gasteiger partial charge in [-0.15, -0.1) is 0 Å². The minimum Gasteiger partial charge on any atom is -0.379 e. The molecule has 1 saturated heterocycles. The number of rotatable bonds is 4. The zero-order valence-corrected chi connectivity index (χ0v) is 22.7. The van der Waals surface area contributed by atoms with Crippen molar-refractivity contribution in [2.24, 2.45) is 0 Å². The second-order valence-corrected chi connectivity index (χ2v) is 10.6. The van der Waals surface area contributed by atoms with Crippen LogP contribution in [-0.4, -0.2) is 57.6 Å². The van der Waals surface area contributed by atoms with Gasteiger partial charge in [-0.05, 0) is 70.0 Å². The predicted molar refractivity (Wildman–Crippen MR) is 149 cm³/mol. The number of piperidine rings is 1. The Labute approximate surface area is 225 Å². The van der Waals surface area contributed by atoms with Crippen molar-refractivity contribution < 1.29 is 14.3 Å². The van der Waals surface area contributed by atoms with Crippen molar-refractivity contribution in [3.63, 3.8) is 0 Å². The van der Waals surface area contributed by atoms with E-state index >= 15 is 0 Å². The zero-order valence-electron chi connectivity index (χ0n) is 22.0. The van der Waals surface area contributed by atoms with Gasteiger partial charge in [-0.1, -0.05) is 17.7 Å². The van der Waals surface area contributed by atoms with Crippen molar-refractivity contribution in [2.45, 2.75) is 45.1 Å². The second kappa shape index (κ2) is 11.4. The number of methoxy groups -OCH3 is 1. The number of anilines is 1. The molecule has 0 aliphatic carbocycles. The summed E-state index contributed by atoms with van der Waals surface area (Å²) in [6.45, 7) is 7.35. The van der Waals surface area contributed by atoms with Crippen LogP contribution in [0.1, 0.15) is 55.6 Å². The Kier molecular flexibility index (Phi) is 8.18. The van der Waals surface area contributed by atoms with Crippen molar-refractivity contribution in [1.29, 1.82) is 0 Å². The van der Waals surface area contributed by atoms with Gasteiger partial charge in [0.15, 0.2) is 0 Å². The van der Waals surface area contributed by atoms with E-state index in [-0.39, 0.29) is 23.0 Å². The van der Waals surface area contributed by atoms with Crippen LogP contribution in [0.15, 0.2) is 53.3 Å². The molecule has 1 aliphatic heterocycles. The van der Waals surface area contributed by atoms with Crippen molar-refractivity contribution in [1.82, 2.24) is 19.5 Å². The normalized spacial score (nSPS) is 14.3. The summed E-state index contributed by atoms with van der Waals surface area (Å²) in [6, 6.07) is 13.6. The number of fused-ring (bicyclic) bond motifs is 3. The Morgan fingerprint density at radius 2 is 1.82 bits per heavy atom. The first-order valence-electron chi connectivity index (χ1n) is 12.5. The number of nitrogens with zero attached hydrogens (tertiary/aromatic N) is 3. The number of halogens is 1. The average Bonchev–Trinajstić information content (AvgIpc) is 3.28. The summed E-state index contributed by atoms with van der Waals surface area (Å²) in [5.74, 6) is -0.175. The molecule has 0 unspecified atom stereocenters. The first-order valence-corrected chi connectivity index (χ1v) is 12.8. The molecule has 0 bridgehead atoms. The van der Waals surface area contributed by atoms with Gasteiger partial charge in [0, 0.05) is 42.8 Å². The van der Waals surface area contributed by atoms with Crippen LogP contribution >= 0.6 is 11.6 Å². The van der Waals surface area contributed by atoms with Crippen LogP contribution in [0.3, 0.4) is 0 Å². The fourth-order valence-electron chi connectivity index (χ4n) is 4.28. The van der Waals surface area contributed by atoms with E-state index in [0.29, 0.717) is 45.9 Å². The molecule has 0 saturated carbocycles. The number of aromatic amines is 1. The minimum atomic E-state index is -0.284. The van der Waals surface area contributed by atoms with Gasteiger partial charge in [0.25, 0.3) is 11.5 Å². The number of hydrogen-bond donors (Lipinski definition) is 2. The number of aromatic nitrogens is 3. The third-order valence-electron chi connectivity index (χ3n) is 6.53. The molecule has 2 amide bonds. The molecule has 2 N–H and O–H groups in total. The van der Waals surface area contributed by atoms with Crippen LogP contribution < -0.4 is 10.9 Å². The van der Waals surface area contributed by atoms with E-state index in [1.165, 1.54) is 0 Å². The van der Waals surface area contributed by atoms with Crippen LogP contribution in [0.4, 0.5) is 5.69 Å². The maximum absolute atomic E-state index is 12.8. The van der Waals surface area contributed by atoms with Gasteiger partial charge in [-0.25, -0.2) is 4.52 Å². The third-order valence-corrected chi connectivity index (χ3v) is 6.78. The molecule has 5 rings (SSSR count). The number of hydrogen-bond acceptors (Lipinski definition) is 5. The van der Waals surface area contributed by atoms with Crippen molar-refractivity contribution in [3.05, 3.63) is 75.2 Å². The highest BCUT2D eigenvalue weighted by atomic mass is 35.5. The number of carbonyl (C=O) groups excluding carboxylic acids is 2. The molecule has 1 aliphatic rings. The van der Waals surface area contributed by atoms with Gasteiger partial charge in [-0.2, -0.15) is 5.10 Å². The first kappa shape index (κ1) is 27.3. The number of carbonyl (C=O) groups is 2. The molecular formula is C28H32ClN5O4. The number of H-pyrrole nitrogens is 1. The number of nitrogens with one attached hydrogen (secondary N) is 2. The van der Waals surface area contributed by atoms with Gasteiger partial charge >= 0.3 is 0 Å². The summed E-state index contributed by atoms with van der Waals surface area (Å²) in [7, 11) is 1.71. The Morgan fingerprint density at radius 1 is 1.16 bits per heavy atom. The molecule has 10 heteroatoms. The predicted octanol–water partition coefficient (Wildman–Crippen LogP) is 4.85. The van der Waals surface area contributed by atoms with E-state index in [0.717, 1.165) is 24.9 Å². The Hall–Kier alpha value is -3.69. The maximum Gasteiger partial charge on any atom is 0.255 e. The molecule has 200 valence electrons. The summed E-state index contributed by atoms with van der Waals surface area (Å²) in [5, 5.41) is 8.86. The SMILES string of the molecule is COC(C)(C)C.O=CN1CCC(c2cc(=O)[nH]c3c4c(NC(=O)c5ccc(Cl)cc5)cccc4nn23)CC1. The highest BCUT2D eigenvalue weighted by Gasteiger charge is 2.24. The van der Waals surface area contributed by atoms with Gasteiger partial charge in [0.05, 0.1) is 27.9 Å². The molecule has 38 heavy (non-hydrogen) atoms. The van der Waals surface area contributed by atoms with Crippen molar-refractivity contribution in [3.8, 4) is 0 Å². The Balaban J connectivity index is 0.000000505. The molecule has 2 aromatic carbocycles. The molecule has 0 radical (unpaired) electrons. The number of benzene rings is 2. The quantitative estimate of drug-likeness (QED) is 0.362. The smallest absolute Gasteiger partial charge is 0.255 e. The molecule has 1 fully saturated rings. The minimum absolute atomic E-state index is 0.0417. The highest BCUT2D eigenvalue weighted by Crippen LogP contribution is 2.31. The van der Waals surface area contributed by atoms with Crippen LogP contribution in [0, 0.1) is 0 Å². The topological polar surface area (TPSA) is 109 Å². The fourth-order valence-corrected chi connectivity index (χ4v) is 4.40. The molecule has 2 aromatic heterocycles. The van der Waals surface area contributed by atoms with Crippen LogP contribution in [0.5, 0.6) is 0 Å². The fraction of sp³-hybridized carbons (Fsp3) is 0.357. The van der Waals surface area contributed by atoms with Crippen molar-refractivity contribution >= 4 is 46.2 Å². The lowest BCUT2D eigenvalue weighted by Gasteiger charge is -2.29. The standard InChI is InChI=1S/C23H20ClN5O3.C5H12O/c24-16-6-4-15(5-7-16)23(32)25-17-2-1-3-18-21(17)22-26-20(31)12-19(29(22)27-18)14-8-10-28(13-30)11-9-14;1-5(2,3)6-4/h1-7,12-14H,8-11H2,(H,25,32)(H,26,31);1-4H3. The van der Waals surface area contributed by atoms with E-state index in [1.54, 1.807) is 52.9 Å². The third kappa shape index (κ3) is 6.23. The van der Waals surface area contributed by atoms with Crippen LogP contribution in [-0.2, 0) is 9.53 Å². The average molecular weight is 538 g/mol. The van der Waals surface area contributed by atoms with Gasteiger partial charge in [-0.3, -0.25) is 14.4 Å². The van der Waals surface area contributed by atoms with Crippen LogP contribution in [0.2, 0.25) is 5.02 Å². The molecule has 0 atom stereocenters. The summed E-state index contributed by atoms with van der Waals surface area (Å²) in [4.78, 5) is 41.0. The lowest BCUT2D eigenvalue weighted by molar-refractivity contribution is -0.119. The largest absolute Gasteiger partial charge is 0.379 e. The summed E-state index contributed by atoms with van der Waals surface area (Å²) >= 11 is 5.92. The maximum atomic E-state index is 12.8. The molecule has 9 nitrogen and oxygen atoms in total. The summed E-state index contributed by atoms with van der Waals surface area (Å²) in [5.41, 5.74) is 2.84. The number of likely N-dealkylation sites (tertiary alicyclic amines) is 1. The molecular weight excluding hydrogens is 506 g/mol. The van der Waals surface area contributed by atoms with E-state index in [9.17, 15) is 14.4 Å².